The van der Waals surface area contributed by atoms with Crippen LogP contribution in [0.25, 0.3) is 0 Å². The van der Waals surface area contributed by atoms with E-state index in [4.69, 9.17) is 9.84 Å². The van der Waals surface area contributed by atoms with Gasteiger partial charge in [-0.05, 0) is 48.4 Å². The molecule has 3 heteroatoms. The molecule has 2 rings (SSSR count). The van der Waals surface area contributed by atoms with Crippen molar-refractivity contribution in [3.63, 3.8) is 0 Å². The van der Waals surface area contributed by atoms with Gasteiger partial charge in [-0.1, -0.05) is 6.07 Å². The predicted molar refractivity (Wildman–Crippen MR) is 60.8 cm³/mol. The molecule has 1 aliphatic carbocycles. The standard InChI is InChI=1S/C13H16O3/c1-16-12-5-4-10-6-9(7-13(14)15)2-3-11(10)8-12/h4-5,8-9H,2-3,6-7H2,1H3,(H,14,15)/t9-/m0/s1. The van der Waals surface area contributed by atoms with Crippen molar-refractivity contribution in [3.8, 4) is 5.75 Å². The smallest absolute Gasteiger partial charge is 0.303 e. The summed E-state index contributed by atoms with van der Waals surface area (Å²) in [6, 6.07) is 6.07. The number of carboxylic acid groups (broad SMARTS) is 1. The molecule has 0 unspecified atom stereocenters. The lowest BCUT2D eigenvalue weighted by Gasteiger charge is -2.23. The van der Waals surface area contributed by atoms with E-state index in [1.165, 1.54) is 11.1 Å². The third-order valence-electron chi connectivity index (χ3n) is 3.21. The van der Waals surface area contributed by atoms with Crippen LogP contribution in [0.2, 0.25) is 0 Å². The lowest BCUT2D eigenvalue weighted by molar-refractivity contribution is -0.138. The van der Waals surface area contributed by atoms with Crippen LogP contribution in [0.15, 0.2) is 18.2 Å². The first kappa shape index (κ1) is 11.0. The number of hydrogen-bond donors (Lipinski definition) is 1. The van der Waals surface area contributed by atoms with Crippen molar-refractivity contribution in [2.75, 3.05) is 7.11 Å². The Labute approximate surface area is 95.0 Å². The molecule has 1 aromatic rings. The van der Waals surface area contributed by atoms with Gasteiger partial charge in [0.25, 0.3) is 0 Å². The molecule has 0 amide bonds. The van der Waals surface area contributed by atoms with Crippen LogP contribution in [-0.2, 0) is 17.6 Å². The zero-order valence-corrected chi connectivity index (χ0v) is 9.40. The van der Waals surface area contributed by atoms with Gasteiger partial charge in [0, 0.05) is 6.42 Å². The molecule has 0 aromatic heterocycles. The lowest BCUT2D eigenvalue weighted by Crippen LogP contribution is -2.17. The molecule has 0 fully saturated rings. The predicted octanol–water partition coefficient (Wildman–Crippen LogP) is 2.27. The Morgan fingerprint density at radius 2 is 2.31 bits per heavy atom. The van der Waals surface area contributed by atoms with E-state index in [0.717, 1.165) is 25.0 Å². The zero-order valence-electron chi connectivity index (χ0n) is 9.40. The minimum atomic E-state index is -0.693. The summed E-state index contributed by atoms with van der Waals surface area (Å²) in [5, 5.41) is 8.78. The average molecular weight is 220 g/mol. The Morgan fingerprint density at radius 3 is 3.00 bits per heavy atom. The van der Waals surface area contributed by atoms with Crippen molar-refractivity contribution in [3.05, 3.63) is 29.3 Å². The first-order valence-corrected chi connectivity index (χ1v) is 5.56. The van der Waals surface area contributed by atoms with E-state index in [-0.39, 0.29) is 6.42 Å². The van der Waals surface area contributed by atoms with Crippen LogP contribution in [0.4, 0.5) is 0 Å². The Bertz CT molecular complexity index is 398. The fourth-order valence-corrected chi connectivity index (χ4v) is 2.35. The summed E-state index contributed by atoms with van der Waals surface area (Å²) in [5.74, 6) is 0.482. The molecule has 86 valence electrons. The Morgan fingerprint density at radius 1 is 1.50 bits per heavy atom. The number of aliphatic carboxylic acids is 1. The highest BCUT2D eigenvalue weighted by Crippen LogP contribution is 2.29. The highest BCUT2D eigenvalue weighted by molar-refractivity contribution is 5.67. The van der Waals surface area contributed by atoms with Crippen molar-refractivity contribution < 1.29 is 14.6 Å². The highest BCUT2D eigenvalue weighted by Gasteiger charge is 2.20. The van der Waals surface area contributed by atoms with Crippen molar-refractivity contribution in [1.29, 1.82) is 0 Å². The largest absolute Gasteiger partial charge is 0.497 e. The summed E-state index contributed by atoms with van der Waals surface area (Å²) in [4.78, 5) is 10.7. The van der Waals surface area contributed by atoms with Crippen molar-refractivity contribution in [2.24, 2.45) is 5.92 Å². The normalized spacial score (nSPS) is 18.9. The second-order valence-electron chi connectivity index (χ2n) is 4.34. The maximum atomic E-state index is 10.7. The van der Waals surface area contributed by atoms with Gasteiger partial charge in [-0.2, -0.15) is 0 Å². The van der Waals surface area contributed by atoms with Crippen LogP contribution in [0.5, 0.6) is 5.75 Å². The minimum Gasteiger partial charge on any atom is -0.497 e. The van der Waals surface area contributed by atoms with Crippen molar-refractivity contribution in [1.82, 2.24) is 0 Å². The highest BCUT2D eigenvalue weighted by atomic mass is 16.5. The Kier molecular flexibility index (Phi) is 3.13. The van der Waals surface area contributed by atoms with E-state index in [0.29, 0.717) is 5.92 Å². The molecule has 16 heavy (non-hydrogen) atoms. The van der Waals surface area contributed by atoms with Crippen LogP contribution >= 0.6 is 0 Å². The fraction of sp³-hybridized carbons (Fsp3) is 0.462. The molecule has 0 aliphatic heterocycles. The molecule has 0 bridgehead atoms. The summed E-state index contributed by atoms with van der Waals surface area (Å²) in [5.41, 5.74) is 2.58. The maximum absolute atomic E-state index is 10.7. The van der Waals surface area contributed by atoms with Crippen LogP contribution < -0.4 is 4.74 Å². The molecule has 3 nitrogen and oxygen atoms in total. The van der Waals surface area contributed by atoms with Crippen LogP contribution in [0, 0.1) is 5.92 Å². The van der Waals surface area contributed by atoms with E-state index in [1.807, 2.05) is 6.07 Å². The number of carboxylic acids is 1. The van der Waals surface area contributed by atoms with Crippen molar-refractivity contribution in [2.45, 2.75) is 25.7 Å². The van der Waals surface area contributed by atoms with E-state index in [1.54, 1.807) is 7.11 Å². The molecule has 0 heterocycles. The number of benzene rings is 1. The van der Waals surface area contributed by atoms with Crippen LogP contribution in [0.1, 0.15) is 24.0 Å². The number of ether oxygens (including phenoxy) is 1. The Hall–Kier alpha value is -1.51. The Balaban J connectivity index is 2.12. The maximum Gasteiger partial charge on any atom is 0.303 e. The first-order valence-electron chi connectivity index (χ1n) is 5.56. The van der Waals surface area contributed by atoms with Crippen LogP contribution in [0.3, 0.4) is 0 Å². The van der Waals surface area contributed by atoms with Gasteiger partial charge in [0.15, 0.2) is 0 Å². The van der Waals surface area contributed by atoms with Gasteiger partial charge in [0.05, 0.1) is 7.11 Å². The summed E-state index contributed by atoms with van der Waals surface area (Å²) >= 11 is 0. The van der Waals surface area contributed by atoms with Gasteiger partial charge < -0.3 is 9.84 Å². The SMILES string of the molecule is COc1ccc2c(c1)CC[C@H](CC(=O)O)C2. The van der Waals surface area contributed by atoms with Gasteiger partial charge in [-0.25, -0.2) is 0 Å². The number of rotatable bonds is 3. The molecule has 0 radical (unpaired) electrons. The molecule has 1 atom stereocenters. The average Bonchev–Trinajstić information content (AvgIpc) is 2.27. The van der Waals surface area contributed by atoms with Gasteiger partial charge in [-0.15, -0.1) is 0 Å². The zero-order chi connectivity index (χ0) is 11.5. The van der Waals surface area contributed by atoms with Crippen LogP contribution in [-0.4, -0.2) is 18.2 Å². The van der Waals surface area contributed by atoms with Crippen molar-refractivity contribution >= 4 is 5.97 Å². The third kappa shape index (κ3) is 2.35. The molecule has 0 saturated heterocycles. The fourth-order valence-electron chi connectivity index (χ4n) is 2.35. The van der Waals surface area contributed by atoms with E-state index in [9.17, 15) is 4.79 Å². The second-order valence-corrected chi connectivity index (χ2v) is 4.34. The summed E-state index contributed by atoms with van der Waals surface area (Å²) in [7, 11) is 1.66. The summed E-state index contributed by atoms with van der Waals surface area (Å²) < 4.78 is 5.18. The monoisotopic (exact) mass is 220 g/mol. The van der Waals surface area contributed by atoms with E-state index in [2.05, 4.69) is 12.1 Å². The summed E-state index contributed by atoms with van der Waals surface area (Å²) in [6.45, 7) is 0. The number of aryl methyl sites for hydroxylation is 1. The number of carbonyl (C=O) groups is 1. The number of methoxy groups -OCH3 is 1. The first-order chi connectivity index (χ1) is 7.69. The molecule has 1 aromatic carbocycles. The molecule has 1 N–H and O–H groups in total. The third-order valence-corrected chi connectivity index (χ3v) is 3.21. The summed E-state index contributed by atoms with van der Waals surface area (Å²) in [6.07, 6.45) is 3.09. The second kappa shape index (κ2) is 4.56. The molecule has 0 spiro atoms. The molecular formula is C13H16O3. The van der Waals surface area contributed by atoms with Gasteiger partial charge in [0.1, 0.15) is 5.75 Å². The quantitative estimate of drug-likeness (QED) is 0.850. The van der Waals surface area contributed by atoms with E-state index >= 15 is 0 Å². The number of hydrogen-bond acceptors (Lipinski definition) is 2. The molecular weight excluding hydrogens is 204 g/mol. The van der Waals surface area contributed by atoms with Gasteiger partial charge >= 0.3 is 5.97 Å². The molecule has 0 saturated carbocycles. The lowest BCUT2D eigenvalue weighted by atomic mass is 9.82. The number of fused-ring (bicyclic) bond motifs is 1. The van der Waals surface area contributed by atoms with Gasteiger partial charge in [-0.3, -0.25) is 4.79 Å². The topological polar surface area (TPSA) is 46.5 Å². The van der Waals surface area contributed by atoms with Gasteiger partial charge in [0.2, 0.25) is 0 Å². The van der Waals surface area contributed by atoms with E-state index < -0.39 is 5.97 Å². The minimum absolute atomic E-state index is 0.283. The molecule has 1 aliphatic rings.